The zero-order chi connectivity index (χ0) is 16.6. The van der Waals surface area contributed by atoms with Gasteiger partial charge in [-0.2, -0.15) is 0 Å². The molecule has 0 aromatic carbocycles. The summed E-state index contributed by atoms with van der Waals surface area (Å²) in [5.41, 5.74) is 0. The van der Waals surface area contributed by atoms with Crippen molar-refractivity contribution in [2.45, 2.75) is 68.3 Å². The van der Waals surface area contributed by atoms with Crippen LogP contribution < -0.4 is 0 Å². The van der Waals surface area contributed by atoms with Gasteiger partial charge in [0, 0.05) is 0 Å². The average molecular weight is 326 g/mol. The average Bonchev–Trinajstić information content (AvgIpc) is 2.49. The zero-order valence-corrected chi connectivity index (χ0v) is 11.8. The van der Waals surface area contributed by atoms with Crippen LogP contribution in [0.1, 0.15) is 6.92 Å². The predicted octanol–water partition coefficient (Wildman–Crippen LogP) is -4.37. The molecule has 2 fully saturated rings. The van der Waals surface area contributed by atoms with Crippen molar-refractivity contribution in [2.24, 2.45) is 0 Å². The molecule has 0 amide bonds. The van der Waals surface area contributed by atoms with E-state index in [2.05, 4.69) is 0 Å². The van der Waals surface area contributed by atoms with Gasteiger partial charge in [-0.15, -0.1) is 0 Å². The third-order valence-electron chi connectivity index (χ3n) is 3.94. The van der Waals surface area contributed by atoms with Gasteiger partial charge in [-0.3, -0.25) is 0 Å². The maximum atomic E-state index is 9.92. The van der Waals surface area contributed by atoms with Gasteiger partial charge in [0.25, 0.3) is 0 Å². The van der Waals surface area contributed by atoms with Crippen LogP contribution in [0.5, 0.6) is 0 Å². The Labute approximate surface area is 126 Å². The molecular formula is C12H22O10. The van der Waals surface area contributed by atoms with Crippen molar-refractivity contribution < 1.29 is 50.0 Å². The van der Waals surface area contributed by atoms with Crippen LogP contribution in [0.3, 0.4) is 0 Å². The summed E-state index contributed by atoms with van der Waals surface area (Å²) in [5.74, 6) is 0. The van der Waals surface area contributed by atoms with Crippen molar-refractivity contribution in [3.05, 3.63) is 0 Å². The first kappa shape index (κ1) is 17.9. The Balaban J connectivity index is 2.08. The molecule has 2 aliphatic rings. The SMILES string of the molecule is C[C@@H]1OC(O)[C@H](O)[C@H](O)[C@H]1O[C@@H]1O[C@H](CO)[C@@H](O)[C@H](O)[C@H]1O. The molecule has 2 rings (SSSR count). The Morgan fingerprint density at radius 3 is 2.05 bits per heavy atom. The Hall–Kier alpha value is -0.400. The van der Waals surface area contributed by atoms with E-state index in [-0.39, 0.29) is 0 Å². The fourth-order valence-corrected chi connectivity index (χ4v) is 2.54. The molecule has 10 atom stereocenters. The quantitative estimate of drug-likeness (QED) is 0.269. The highest BCUT2D eigenvalue weighted by atomic mass is 16.7. The van der Waals surface area contributed by atoms with Crippen molar-refractivity contribution in [1.29, 1.82) is 0 Å². The molecule has 10 heteroatoms. The van der Waals surface area contributed by atoms with Crippen LogP contribution in [0.2, 0.25) is 0 Å². The maximum absolute atomic E-state index is 9.92. The molecule has 7 N–H and O–H groups in total. The molecule has 0 spiro atoms. The number of aliphatic hydroxyl groups is 7. The third kappa shape index (κ3) is 3.26. The van der Waals surface area contributed by atoms with E-state index in [1.54, 1.807) is 0 Å². The first-order chi connectivity index (χ1) is 10.3. The molecule has 130 valence electrons. The Morgan fingerprint density at radius 1 is 0.818 bits per heavy atom. The van der Waals surface area contributed by atoms with Gasteiger partial charge in [0.1, 0.15) is 42.7 Å². The molecule has 2 aliphatic heterocycles. The number of aliphatic hydroxyl groups excluding tert-OH is 7. The normalized spacial score (nSPS) is 53.5. The predicted molar refractivity (Wildman–Crippen MR) is 67.2 cm³/mol. The minimum absolute atomic E-state index is 0.620. The Kier molecular flexibility index (Phi) is 5.72. The topological polar surface area (TPSA) is 169 Å². The lowest BCUT2D eigenvalue weighted by Gasteiger charge is -2.44. The van der Waals surface area contributed by atoms with Gasteiger partial charge >= 0.3 is 0 Å². The van der Waals surface area contributed by atoms with Crippen molar-refractivity contribution in [3.8, 4) is 0 Å². The van der Waals surface area contributed by atoms with E-state index < -0.39 is 68.0 Å². The first-order valence-corrected chi connectivity index (χ1v) is 6.93. The molecule has 0 radical (unpaired) electrons. The second-order valence-electron chi connectivity index (χ2n) is 5.51. The molecule has 0 aromatic rings. The van der Waals surface area contributed by atoms with Crippen molar-refractivity contribution >= 4 is 0 Å². The fraction of sp³-hybridized carbons (Fsp3) is 1.00. The summed E-state index contributed by atoms with van der Waals surface area (Å²) in [6.45, 7) is 0.846. The highest BCUT2D eigenvalue weighted by Crippen LogP contribution is 2.28. The fourth-order valence-electron chi connectivity index (χ4n) is 2.54. The molecular weight excluding hydrogens is 304 g/mol. The Bertz CT molecular complexity index is 366. The largest absolute Gasteiger partial charge is 0.394 e. The van der Waals surface area contributed by atoms with Crippen LogP contribution >= 0.6 is 0 Å². The van der Waals surface area contributed by atoms with Gasteiger partial charge in [-0.25, -0.2) is 0 Å². The monoisotopic (exact) mass is 326 g/mol. The molecule has 0 aliphatic carbocycles. The lowest BCUT2D eigenvalue weighted by Crippen LogP contribution is -2.63. The molecule has 0 aromatic heterocycles. The highest BCUT2D eigenvalue weighted by Gasteiger charge is 2.49. The second-order valence-corrected chi connectivity index (χ2v) is 5.51. The van der Waals surface area contributed by atoms with Crippen LogP contribution in [0.25, 0.3) is 0 Å². The van der Waals surface area contributed by atoms with Gasteiger partial charge in [-0.1, -0.05) is 0 Å². The van der Waals surface area contributed by atoms with Crippen LogP contribution in [-0.2, 0) is 14.2 Å². The number of rotatable bonds is 3. The molecule has 2 saturated heterocycles. The van der Waals surface area contributed by atoms with E-state index >= 15 is 0 Å². The highest BCUT2D eigenvalue weighted by molar-refractivity contribution is 4.92. The van der Waals surface area contributed by atoms with Crippen LogP contribution in [-0.4, -0.2) is 104 Å². The zero-order valence-electron chi connectivity index (χ0n) is 11.8. The first-order valence-electron chi connectivity index (χ1n) is 6.93. The van der Waals surface area contributed by atoms with Crippen LogP contribution in [0.4, 0.5) is 0 Å². The van der Waals surface area contributed by atoms with Crippen molar-refractivity contribution in [1.82, 2.24) is 0 Å². The van der Waals surface area contributed by atoms with E-state index in [0.717, 1.165) is 0 Å². The lowest BCUT2D eigenvalue weighted by atomic mass is 9.97. The molecule has 22 heavy (non-hydrogen) atoms. The molecule has 10 nitrogen and oxygen atoms in total. The summed E-state index contributed by atoms with van der Waals surface area (Å²) in [7, 11) is 0. The van der Waals surface area contributed by atoms with E-state index in [1.165, 1.54) is 6.92 Å². The van der Waals surface area contributed by atoms with E-state index in [4.69, 9.17) is 19.3 Å². The van der Waals surface area contributed by atoms with Crippen molar-refractivity contribution in [2.75, 3.05) is 6.61 Å². The molecule has 1 unspecified atom stereocenters. The molecule has 0 saturated carbocycles. The molecule has 2 heterocycles. The standard InChI is InChI=1S/C12H22O10/c1-3-10(7(16)8(17)11(19)20-3)22-12-9(18)6(15)5(14)4(2-13)21-12/h3-19H,2H2,1H3/t3-,4+,5+,6-,7-,8+,9+,10-,11?,12-/m0/s1. The van der Waals surface area contributed by atoms with Gasteiger partial charge in [0.05, 0.1) is 12.7 Å². The summed E-state index contributed by atoms with van der Waals surface area (Å²) in [5, 5.41) is 67.2. The third-order valence-corrected chi connectivity index (χ3v) is 3.94. The summed E-state index contributed by atoms with van der Waals surface area (Å²) >= 11 is 0. The summed E-state index contributed by atoms with van der Waals surface area (Å²) in [6.07, 6.45) is -14.2. The lowest BCUT2D eigenvalue weighted by molar-refractivity contribution is -0.351. The second kappa shape index (κ2) is 7.01. The maximum Gasteiger partial charge on any atom is 0.187 e. The van der Waals surface area contributed by atoms with E-state index in [1.807, 2.05) is 0 Å². The summed E-state index contributed by atoms with van der Waals surface area (Å²) in [4.78, 5) is 0. The Morgan fingerprint density at radius 2 is 1.45 bits per heavy atom. The van der Waals surface area contributed by atoms with Gasteiger partial charge < -0.3 is 50.0 Å². The number of ether oxygens (including phenoxy) is 3. The number of hydrogen-bond donors (Lipinski definition) is 7. The van der Waals surface area contributed by atoms with Crippen LogP contribution in [0, 0.1) is 0 Å². The smallest absolute Gasteiger partial charge is 0.187 e. The summed E-state index contributed by atoms with van der Waals surface area (Å²) in [6, 6.07) is 0. The van der Waals surface area contributed by atoms with E-state index in [9.17, 15) is 30.6 Å². The minimum Gasteiger partial charge on any atom is -0.394 e. The van der Waals surface area contributed by atoms with Gasteiger partial charge in [0.2, 0.25) is 0 Å². The van der Waals surface area contributed by atoms with Crippen LogP contribution in [0.15, 0.2) is 0 Å². The summed E-state index contributed by atoms with van der Waals surface area (Å²) < 4.78 is 15.5. The van der Waals surface area contributed by atoms with Crippen molar-refractivity contribution in [3.63, 3.8) is 0 Å². The molecule has 0 bridgehead atoms. The van der Waals surface area contributed by atoms with E-state index in [0.29, 0.717) is 0 Å². The van der Waals surface area contributed by atoms with Gasteiger partial charge in [-0.05, 0) is 6.92 Å². The minimum atomic E-state index is -1.64. The van der Waals surface area contributed by atoms with Gasteiger partial charge in [0.15, 0.2) is 12.6 Å². The number of hydrogen-bond acceptors (Lipinski definition) is 10.